The maximum Gasteiger partial charge on any atom is 0.166 e. The zero-order valence-electron chi connectivity index (χ0n) is 12.6. The molecule has 0 radical (unpaired) electrons. The molecule has 2 rings (SSSR count). The summed E-state index contributed by atoms with van der Waals surface area (Å²) in [7, 11) is 1.50. The van der Waals surface area contributed by atoms with E-state index in [-0.39, 0.29) is 24.4 Å². The van der Waals surface area contributed by atoms with E-state index in [9.17, 15) is 9.59 Å². The van der Waals surface area contributed by atoms with E-state index < -0.39 is 6.10 Å². The van der Waals surface area contributed by atoms with Crippen LogP contribution in [0.1, 0.15) is 33.6 Å². The Kier molecular flexibility index (Phi) is 6.51. The van der Waals surface area contributed by atoms with Gasteiger partial charge in [-0.05, 0) is 24.3 Å². The fourth-order valence-corrected chi connectivity index (χ4v) is 2.71. The van der Waals surface area contributed by atoms with Crippen LogP contribution in [0.3, 0.4) is 0 Å². The van der Waals surface area contributed by atoms with Crippen molar-refractivity contribution in [1.29, 1.82) is 0 Å². The van der Waals surface area contributed by atoms with Gasteiger partial charge in [0.05, 0.1) is 11.1 Å². The van der Waals surface area contributed by atoms with Crippen molar-refractivity contribution in [3.63, 3.8) is 0 Å². The molecule has 0 amide bonds. The Morgan fingerprint density at radius 1 is 1.04 bits per heavy atom. The Labute approximate surface area is 148 Å². The first kappa shape index (κ1) is 17.9. The summed E-state index contributed by atoms with van der Waals surface area (Å²) < 4.78 is 6.21. The first-order valence-corrected chi connectivity index (χ1v) is 8.27. The molecule has 0 aromatic heterocycles. The van der Waals surface area contributed by atoms with Crippen LogP contribution >= 0.6 is 27.5 Å². The van der Waals surface area contributed by atoms with Gasteiger partial charge >= 0.3 is 0 Å². The number of halogens is 2. The quantitative estimate of drug-likeness (QED) is 0.622. The zero-order chi connectivity index (χ0) is 16.8. The van der Waals surface area contributed by atoms with Crippen LogP contribution in [-0.2, 0) is 4.74 Å². The third-order valence-corrected chi connectivity index (χ3v) is 4.36. The molecule has 0 bridgehead atoms. The minimum atomic E-state index is -0.477. The average Bonchev–Trinajstić information content (AvgIpc) is 2.55. The van der Waals surface area contributed by atoms with E-state index in [1.54, 1.807) is 36.4 Å². The van der Waals surface area contributed by atoms with E-state index in [1.807, 2.05) is 12.1 Å². The molecule has 5 heteroatoms. The highest BCUT2D eigenvalue weighted by Gasteiger charge is 2.20. The maximum absolute atomic E-state index is 12.3. The number of carbonyl (C=O) groups is 2. The van der Waals surface area contributed by atoms with Crippen LogP contribution in [0.15, 0.2) is 53.0 Å². The highest BCUT2D eigenvalue weighted by atomic mass is 79.9. The lowest BCUT2D eigenvalue weighted by Gasteiger charge is -2.14. The third kappa shape index (κ3) is 4.99. The molecule has 3 nitrogen and oxygen atoms in total. The summed E-state index contributed by atoms with van der Waals surface area (Å²) in [5.41, 5.74) is 1.05. The van der Waals surface area contributed by atoms with Crippen molar-refractivity contribution in [2.75, 3.05) is 7.11 Å². The molecule has 0 saturated carbocycles. The number of rotatable bonds is 7. The number of hydrogen-bond donors (Lipinski definition) is 0. The standard InChI is InChI=1S/C18H16BrClO3/c1-23-14(10-17(21)12-6-8-13(19)9-7-12)11-18(22)15-4-2-3-5-16(15)20/h2-9,14H,10-11H2,1H3. The largest absolute Gasteiger partial charge is 0.381 e. The van der Waals surface area contributed by atoms with Crippen molar-refractivity contribution >= 4 is 39.1 Å². The van der Waals surface area contributed by atoms with E-state index in [2.05, 4.69) is 15.9 Å². The summed E-state index contributed by atoms with van der Waals surface area (Å²) in [6, 6.07) is 14.0. The molecule has 2 aromatic rings. The van der Waals surface area contributed by atoms with Crippen LogP contribution in [0.2, 0.25) is 5.02 Å². The number of ether oxygens (including phenoxy) is 1. The number of benzene rings is 2. The number of carbonyl (C=O) groups excluding carboxylic acids is 2. The molecule has 1 atom stereocenters. The lowest BCUT2D eigenvalue weighted by atomic mass is 9.99. The minimum Gasteiger partial charge on any atom is -0.381 e. The number of ketones is 2. The van der Waals surface area contributed by atoms with Crippen LogP contribution in [0.4, 0.5) is 0 Å². The van der Waals surface area contributed by atoms with Crippen LogP contribution in [0.25, 0.3) is 0 Å². The van der Waals surface area contributed by atoms with Crippen molar-refractivity contribution in [2.24, 2.45) is 0 Å². The normalized spacial score (nSPS) is 12.0. The second-order valence-electron chi connectivity index (χ2n) is 5.10. The topological polar surface area (TPSA) is 43.4 Å². The van der Waals surface area contributed by atoms with Crippen molar-refractivity contribution in [3.8, 4) is 0 Å². The van der Waals surface area contributed by atoms with Gasteiger partial charge in [-0.1, -0.05) is 51.8 Å². The molecular weight excluding hydrogens is 380 g/mol. The van der Waals surface area contributed by atoms with Gasteiger partial charge in [-0.15, -0.1) is 0 Å². The average molecular weight is 396 g/mol. The lowest BCUT2D eigenvalue weighted by Crippen LogP contribution is -2.20. The number of methoxy groups -OCH3 is 1. The van der Waals surface area contributed by atoms with Gasteiger partial charge < -0.3 is 4.74 Å². The van der Waals surface area contributed by atoms with E-state index in [0.29, 0.717) is 16.1 Å². The first-order valence-electron chi connectivity index (χ1n) is 7.10. The van der Waals surface area contributed by atoms with Gasteiger partial charge in [-0.25, -0.2) is 0 Å². The molecule has 0 aliphatic heterocycles. The summed E-state index contributed by atoms with van der Waals surface area (Å²) in [6.45, 7) is 0. The van der Waals surface area contributed by atoms with Crippen LogP contribution < -0.4 is 0 Å². The summed E-state index contributed by atoms with van der Waals surface area (Å²) in [5.74, 6) is -0.192. The van der Waals surface area contributed by atoms with Crippen molar-refractivity contribution < 1.29 is 14.3 Å². The molecule has 0 aliphatic rings. The van der Waals surface area contributed by atoms with Crippen LogP contribution in [0, 0.1) is 0 Å². The molecule has 120 valence electrons. The fourth-order valence-electron chi connectivity index (χ4n) is 2.20. The molecule has 0 aliphatic carbocycles. The monoisotopic (exact) mass is 394 g/mol. The lowest BCUT2D eigenvalue weighted by molar-refractivity contribution is 0.0635. The highest BCUT2D eigenvalue weighted by Crippen LogP contribution is 2.20. The Balaban J connectivity index is 2.03. The number of Topliss-reactive ketones (excluding diaryl/α,β-unsaturated/α-hetero) is 2. The summed E-state index contributed by atoms with van der Waals surface area (Å²) in [6.07, 6.45) is -0.216. The van der Waals surface area contributed by atoms with E-state index >= 15 is 0 Å². The second kappa shape index (κ2) is 8.39. The van der Waals surface area contributed by atoms with E-state index in [0.717, 1.165) is 4.47 Å². The summed E-state index contributed by atoms with van der Waals surface area (Å²) in [5, 5.41) is 0.409. The maximum atomic E-state index is 12.3. The molecule has 1 unspecified atom stereocenters. The molecule has 0 saturated heterocycles. The zero-order valence-corrected chi connectivity index (χ0v) is 14.9. The van der Waals surface area contributed by atoms with Crippen molar-refractivity contribution in [2.45, 2.75) is 18.9 Å². The van der Waals surface area contributed by atoms with E-state index in [1.165, 1.54) is 7.11 Å². The van der Waals surface area contributed by atoms with E-state index in [4.69, 9.17) is 16.3 Å². The van der Waals surface area contributed by atoms with Gasteiger partial charge in [0.1, 0.15) is 0 Å². The smallest absolute Gasteiger partial charge is 0.166 e. The summed E-state index contributed by atoms with van der Waals surface area (Å²) >= 11 is 9.36. The van der Waals surface area contributed by atoms with Gasteiger partial charge in [-0.3, -0.25) is 9.59 Å². The molecule has 0 heterocycles. The SMILES string of the molecule is COC(CC(=O)c1ccc(Br)cc1)CC(=O)c1ccccc1Cl. The van der Waals surface area contributed by atoms with Crippen LogP contribution in [-0.4, -0.2) is 24.8 Å². The second-order valence-corrected chi connectivity index (χ2v) is 6.42. The minimum absolute atomic E-state index is 0.0590. The van der Waals surface area contributed by atoms with Crippen molar-refractivity contribution in [1.82, 2.24) is 0 Å². The number of hydrogen-bond acceptors (Lipinski definition) is 3. The third-order valence-electron chi connectivity index (χ3n) is 3.50. The molecule has 2 aromatic carbocycles. The van der Waals surface area contributed by atoms with Crippen LogP contribution in [0.5, 0.6) is 0 Å². The van der Waals surface area contributed by atoms with Crippen molar-refractivity contribution in [3.05, 3.63) is 69.2 Å². The van der Waals surface area contributed by atoms with Gasteiger partial charge in [-0.2, -0.15) is 0 Å². The molecular formula is C18H16BrClO3. The predicted octanol–water partition coefficient (Wildman–Crippen LogP) is 4.96. The van der Waals surface area contributed by atoms with Gasteiger partial charge in [0.2, 0.25) is 0 Å². The fraction of sp³-hybridized carbons (Fsp3) is 0.222. The Morgan fingerprint density at radius 3 is 2.26 bits per heavy atom. The molecule has 0 spiro atoms. The Hall–Kier alpha value is -1.49. The Bertz CT molecular complexity index is 698. The predicted molar refractivity (Wildman–Crippen MR) is 94.3 cm³/mol. The molecule has 0 N–H and O–H groups in total. The highest BCUT2D eigenvalue weighted by molar-refractivity contribution is 9.10. The van der Waals surface area contributed by atoms with Gasteiger partial charge in [0.25, 0.3) is 0 Å². The van der Waals surface area contributed by atoms with Gasteiger partial charge in [0.15, 0.2) is 11.6 Å². The molecule has 23 heavy (non-hydrogen) atoms. The van der Waals surface area contributed by atoms with Gasteiger partial charge in [0, 0.05) is 35.6 Å². The summed E-state index contributed by atoms with van der Waals surface area (Å²) in [4.78, 5) is 24.6. The molecule has 0 fully saturated rings. The first-order chi connectivity index (χ1) is 11.0. The Morgan fingerprint density at radius 2 is 1.65 bits per heavy atom.